The summed E-state index contributed by atoms with van der Waals surface area (Å²) in [6.45, 7) is 3.10. The van der Waals surface area contributed by atoms with Crippen molar-refractivity contribution in [1.82, 2.24) is 15.1 Å². The average Bonchev–Trinajstić information content (AvgIpc) is 3.31. The van der Waals surface area contributed by atoms with Crippen LogP contribution in [-0.2, 0) is 0 Å². The molecule has 1 aliphatic rings. The molecule has 1 fully saturated rings. The topological polar surface area (TPSA) is 96.4 Å². The van der Waals surface area contributed by atoms with Crippen LogP contribution in [0.15, 0.2) is 42.5 Å². The normalized spacial score (nSPS) is 14.1. The number of amides is 3. The van der Waals surface area contributed by atoms with E-state index in [0.717, 1.165) is 23.4 Å². The number of hydrogen-bond donors (Lipinski definition) is 2. The third kappa shape index (κ3) is 5.46. The van der Waals surface area contributed by atoms with Crippen molar-refractivity contribution in [2.24, 2.45) is 0 Å². The van der Waals surface area contributed by atoms with Crippen molar-refractivity contribution in [3.8, 4) is 5.75 Å². The van der Waals surface area contributed by atoms with Gasteiger partial charge in [0.25, 0.3) is 5.91 Å². The Balaban J connectivity index is 1.32. The molecule has 2 heterocycles. The molecule has 1 aliphatic heterocycles. The first kappa shape index (κ1) is 22.7. The summed E-state index contributed by atoms with van der Waals surface area (Å²) in [7, 11) is 1.57. The maximum Gasteiger partial charge on any atom is 0.321 e. The van der Waals surface area contributed by atoms with Gasteiger partial charge < -0.3 is 20.3 Å². The van der Waals surface area contributed by atoms with Gasteiger partial charge in [0.2, 0.25) is 5.01 Å². The summed E-state index contributed by atoms with van der Waals surface area (Å²) in [5, 5.41) is 14.9. The van der Waals surface area contributed by atoms with Gasteiger partial charge in [-0.2, -0.15) is 0 Å². The van der Waals surface area contributed by atoms with Gasteiger partial charge >= 0.3 is 6.03 Å². The number of halogens is 1. The third-order valence-corrected chi connectivity index (χ3v) is 6.55. The lowest BCUT2D eigenvalue weighted by Crippen LogP contribution is -2.40. The summed E-state index contributed by atoms with van der Waals surface area (Å²) in [6, 6.07) is 11.0. The van der Waals surface area contributed by atoms with Gasteiger partial charge in [0, 0.05) is 24.7 Å². The fourth-order valence-corrected chi connectivity index (χ4v) is 4.56. The first-order valence-electron chi connectivity index (χ1n) is 10.5. The molecule has 0 atom stereocenters. The Hall–Kier alpha value is -3.53. The Bertz CT molecular complexity index is 1140. The summed E-state index contributed by atoms with van der Waals surface area (Å²) < 4.78 is 18.4. The van der Waals surface area contributed by atoms with Gasteiger partial charge in [0.1, 0.15) is 16.6 Å². The maximum absolute atomic E-state index is 13.0. The predicted molar refractivity (Wildman–Crippen MR) is 125 cm³/mol. The molecular formula is C23H24FN5O3S. The molecule has 1 saturated heterocycles. The second-order valence-corrected chi connectivity index (χ2v) is 8.81. The number of rotatable bonds is 5. The van der Waals surface area contributed by atoms with E-state index in [0.29, 0.717) is 30.2 Å². The average molecular weight is 470 g/mol. The highest BCUT2D eigenvalue weighted by Gasteiger charge is 2.27. The van der Waals surface area contributed by atoms with Crippen molar-refractivity contribution in [2.75, 3.05) is 30.8 Å². The molecule has 33 heavy (non-hydrogen) atoms. The zero-order valence-electron chi connectivity index (χ0n) is 18.3. The molecule has 8 nitrogen and oxygen atoms in total. The predicted octanol–water partition coefficient (Wildman–Crippen LogP) is 4.66. The van der Waals surface area contributed by atoms with Crippen molar-refractivity contribution in [3.05, 3.63) is 63.9 Å². The van der Waals surface area contributed by atoms with E-state index in [9.17, 15) is 14.0 Å². The SMILES string of the molecule is COc1ccc(C)cc1NC(=O)N1CCC(c2nnc(C(=O)Nc3ccc(F)cc3)s2)CC1. The van der Waals surface area contributed by atoms with Crippen LogP contribution in [0.1, 0.15) is 39.1 Å². The van der Waals surface area contributed by atoms with Crippen LogP contribution in [0.4, 0.5) is 20.6 Å². The van der Waals surface area contributed by atoms with E-state index in [1.807, 2.05) is 25.1 Å². The lowest BCUT2D eigenvalue weighted by molar-refractivity contribution is 0.102. The number of methoxy groups -OCH3 is 1. The van der Waals surface area contributed by atoms with Gasteiger partial charge in [-0.3, -0.25) is 4.79 Å². The lowest BCUT2D eigenvalue weighted by Gasteiger charge is -2.31. The van der Waals surface area contributed by atoms with Gasteiger partial charge in [-0.1, -0.05) is 17.4 Å². The number of piperidine rings is 1. The zero-order chi connectivity index (χ0) is 23.4. The minimum atomic E-state index is -0.380. The Labute approximate surface area is 194 Å². The highest BCUT2D eigenvalue weighted by atomic mass is 32.1. The summed E-state index contributed by atoms with van der Waals surface area (Å²) in [5.41, 5.74) is 2.16. The number of aromatic nitrogens is 2. The van der Waals surface area contributed by atoms with E-state index in [1.165, 1.54) is 35.6 Å². The molecule has 0 spiro atoms. The molecule has 1 aromatic heterocycles. The number of urea groups is 1. The fraction of sp³-hybridized carbons (Fsp3) is 0.304. The molecule has 0 saturated carbocycles. The second kappa shape index (κ2) is 9.95. The zero-order valence-corrected chi connectivity index (χ0v) is 19.1. The van der Waals surface area contributed by atoms with Crippen LogP contribution in [0.2, 0.25) is 0 Å². The third-order valence-electron chi connectivity index (χ3n) is 5.46. The van der Waals surface area contributed by atoms with Crippen LogP contribution in [-0.4, -0.2) is 47.2 Å². The van der Waals surface area contributed by atoms with E-state index < -0.39 is 0 Å². The van der Waals surface area contributed by atoms with Crippen LogP contribution < -0.4 is 15.4 Å². The van der Waals surface area contributed by atoms with Crippen molar-refractivity contribution in [1.29, 1.82) is 0 Å². The molecule has 0 aliphatic carbocycles. The molecule has 2 N–H and O–H groups in total. The number of likely N-dealkylation sites (tertiary alicyclic amines) is 1. The van der Waals surface area contributed by atoms with Crippen LogP contribution in [0.3, 0.4) is 0 Å². The molecule has 3 amide bonds. The van der Waals surface area contributed by atoms with Crippen LogP contribution in [0, 0.1) is 12.7 Å². The first-order chi connectivity index (χ1) is 15.9. The molecule has 0 unspecified atom stereocenters. The largest absolute Gasteiger partial charge is 0.495 e. The van der Waals surface area contributed by atoms with Crippen molar-refractivity contribution in [3.63, 3.8) is 0 Å². The summed E-state index contributed by atoms with van der Waals surface area (Å²) in [4.78, 5) is 26.9. The number of nitrogens with zero attached hydrogens (tertiary/aromatic N) is 3. The Kier molecular flexibility index (Phi) is 6.83. The van der Waals surface area contributed by atoms with E-state index in [2.05, 4.69) is 20.8 Å². The van der Waals surface area contributed by atoms with Crippen molar-refractivity contribution in [2.45, 2.75) is 25.7 Å². The standard InChI is InChI=1S/C23H24FN5O3S/c1-14-3-8-19(32-2)18(13-14)26-23(31)29-11-9-15(10-12-29)21-27-28-22(33-21)20(30)25-17-6-4-16(24)5-7-17/h3-8,13,15H,9-12H2,1-2H3,(H,25,30)(H,26,31). The summed E-state index contributed by atoms with van der Waals surface area (Å²) >= 11 is 1.24. The monoisotopic (exact) mass is 469 g/mol. The van der Waals surface area contributed by atoms with Gasteiger partial charge in [-0.05, 0) is 61.7 Å². The number of anilines is 2. The fourth-order valence-electron chi connectivity index (χ4n) is 3.65. The van der Waals surface area contributed by atoms with Gasteiger partial charge in [0.05, 0.1) is 12.8 Å². The number of carbonyl (C=O) groups excluding carboxylic acids is 2. The molecule has 0 bridgehead atoms. The van der Waals surface area contributed by atoms with E-state index in [-0.39, 0.29) is 28.7 Å². The van der Waals surface area contributed by atoms with Crippen LogP contribution in [0.5, 0.6) is 5.75 Å². The molecule has 3 aromatic rings. The van der Waals surface area contributed by atoms with Crippen LogP contribution in [0.25, 0.3) is 0 Å². The molecule has 2 aromatic carbocycles. The summed E-state index contributed by atoms with van der Waals surface area (Å²) in [5.74, 6) is -0.00455. The number of carbonyl (C=O) groups is 2. The highest BCUT2D eigenvalue weighted by Crippen LogP contribution is 2.31. The van der Waals surface area contributed by atoms with E-state index >= 15 is 0 Å². The quantitative estimate of drug-likeness (QED) is 0.567. The smallest absolute Gasteiger partial charge is 0.321 e. The van der Waals surface area contributed by atoms with E-state index in [4.69, 9.17) is 4.74 Å². The Morgan fingerprint density at radius 2 is 1.82 bits per heavy atom. The molecule has 0 radical (unpaired) electrons. The van der Waals surface area contributed by atoms with Gasteiger partial charge in [-0.25, -0.2) is 9.18 Å². The molecular weight excluding hydrogens is 445 g/mol. The second-order valence-electron chi connectivity index (χ2n) is 7.80. The maximum atomic E-state index is 13.0. The lowest BCUT2D eigenvalue weighted by atomic mass is 9.98. The van der Waals surface area contributed by atoms with Gasteiger partial charge in [0.15, 0.2) is 0 Å². The minimum Gasteiger partial charge on any atom is -0.495 e. The van der Waals surface area contributed by atoms with Gasteiger partial charge in [-0.15, -0.1) is 10.2 Å². The van der Waals surface area contributed by atoms with Crippen LogP contribution >= 0.6 is 11.3 Å². The molecule has 172 valence electrons. The minimum absolute atomic E-state index is 0.132. The number of aryl methyl sites for hydroxylation is 1. The molecule has 4 rings (SSSR count). The Morgan fingerprint density at radius 3 is 2.52 bits per heavy atom. The number of ether oxygens (including phenoxy) is 1. The number of benzene rings is 2. The first-order valence-corrected chi connectivity index (χ1v) is 11.4. The Morgan fingerprint density at radius 1 is 1.09 bits per heavy atom. The van der Waals surface area contributed by atoms with E-state index in [1.54, 1.807) is 12.0 Å². The molecule has 10 heteroatoms. The highest BCUT2D eigenvalue weighted by molar-refractivity contribution is 7.13. The summed E-state index contributed by atoms with van der Waals surface area (Å²) in [6.07, 6.45) is 1.46. The number of hydrogen-bond acceptors (Lipinski definition) is 6. The van der Waals surface area contributed by atoms with Crippen molar-refractivity contribution >= 4 is 34.6 Å². The number of nitrogens with one attached hydrogen (secondary N) is 2. The van der Waals surface area contributed by atoms with Crippen molar-refractivity contribution < 1.29 is 18.7 Å².